The third-order valence-corrected chi connectivity index (χ3v) is 10.9. The fourth-order valence-corrected chi connectivity index (χ4v) is 8.83. The molecule has 7 unspecified atom stereocenters. The highest BCUT2D eigenvalue weighted by molar-refractivity contribution is 5.26. The first-order valence-corrected chi connectivity index (χ1v) is 14.4. The van der Waals surface area contributed by atoms with Crippen LogP contribution in [0.15, 0.2) is 11.6 Å². The van der Waals surface area contributed by atoms with Crippen LogP contribution in [0.25, 0.3) is 0 Å². The molecule has 4 aliphatic rings. The summed E-state index contributed by atoms with van der Waals surface area (Å²) in [7, 11) is 1.87. The second-order valence-electron chi connectivity index (χ2n) is 12.0. The highest BCUT2D eigenvalue weighted by Gasteiger charge is 2.59. The molecule has 0 aromatic carbocycles. The van der Waals surface area contributed by atoms with E-state index in [1.165, 1.54) is 50.5 Å². The molecule has 33 heavy (non-hydrogen) atoms. The van der Waals surface area contributed by atoms with E-state index in [1.54, 1.807) is 0 Å². The molecule has 4 rings (SSSR count). The van der Waals surface area contributed by atoms with Crippen LogP contribution in [-0.4, -0.2) is 35.6 Å². The molecule has 0 spiro atoms. The normalized spacial score (nSPS) is 40.1. The van der Waals surface area contributed by atoms with Gasteiger partial charge in [-0.1, -0.05) is 52.7 Å². The van der Waals surface area contributed by atoms with Gasteiger partial charge in [0.15, 0.2) is 0 Å². The van der Waals surface area contributed by atoms with Crippen LogP contribution in [0.3, 0.4) is 0 Å². The molecule has 3 saturated carbocycles. The van der Waals surface area contributed by atoms with Gasteiger partial charge in [0, 0.05) is 12.5 Å². The van der Waals surface area contributed by atoms with Gasteiger partial charge in [0.05, 0.1) is 18.3 Å². The summed E-state index contributed by atoms with van der Waals surface area (Å²) in [4.78, 5) is 0. The fraction of sp³-hybridized carbons (Fsp3) is 0.933. The Morgan fingerprint density at radius 2 is 1.79 bits per heavy atom. The van der Waals surface area contributed by atoms with Crippen molar-refractivity contribution >= 4 is 0 Å². The summed E-state index contributed by atoms with van der Waals surface area (Å²) in [5.41, 5.74) is 1.74. The number of hydrogen-bond acceptors (Lipinski definition) is 3. The van der Waals surface area contributed by atoms with Crippen LogP contribution >= 0.6 is 0 Å². The molecule has 3 fully saturated rings. The molecule has 4 aliphatic carbocycles. The van der Waals surface area contributed by atoms with E-state index in [1.807, 2.05) is 21.0 Å². The van der Waals surface area contributed by atoms with Gasteiger partial charge in [-0.25, -0.2) is 0 Å². The van der Waals surface area contributed by atoms with Gasteiger partial charge in [-0.2, -0.15) is 0 Å². The van der Waals surface area contributed by atoms with Gasteiger partial charge in [-0.3, -0.25) is 0 Å². The van der Waals surface area contributed by atoms with Crippen LogP contribution in [0.2, 0.25) is 0 Å². The van der Waals surface area contributed by atoms with Gasteiger partial charge in [0.1, 0.15) is 0 Å². The Balaban J connectivity index is 0.00000149. The van der Waals surface area contributed by atoms with Crippen LogP contribution in [-0.2, 0) is 4.74 Å². The van der Waals surface area contributed by atoms with Gasteiger partial charge in [-0.15, -0.1) is 0 Å². The van der Waals surface area contributed by atoms with Crippen molar-refractivity contribution in [2.24, 2.45) is 34.5 Å². The molecular weight excluding hydrogens is 408 g/mol. The van der Waals surface area contributed by atoms with Crippen LogP contribution in [0.1, 0.15) is 118 Å². The van der Waals surface area contributed by atoms with E-state index in [2.05, 4.69) is 26.8 Å². The SMILES string of the molecule is CC.CCC(O)(CC)CCCC1CCC2C3CC=C4CC(O)CCC4(COC)C3CCC12C. The van der Waals surface area contributed by atoms with Gasteiger partial charge < -0.3 is 14.9 Å². The van der Waals surface area contributed by atoms with E-state index in [0.717, 1.165) is 68.8 Å². The van der Waals surface area contributed by atoms with Crippen LogP contribution in [0, 0.1) is 34.5 Å². The molecule has 0 saturated heterocycles. The summed E-state index contributed by atoms with van der Waals surface area (Å²) in [6.07, 6.45) is 17.2. The van der Waals surface area contributed by atoms with Crippen LogP contribution < -0.4 is 0 Å². The molecule has 2 N–H and O–H groups in total. The topological polar surface area (TPSA) is 49.7 Å². The Hall–Kier alpha value is -0.380. The van der Waals surface area contributed by atoms with E-state index in [-0.39, 0.29) is 11.5 Å². The monoisotopic (exact) mass is 462 g/mol. The molecular formula is C30H54O3. The zero-order chi connectivity index (χ0) is 24.3. The zero-order valence-electron chi connectivity index (χ0n) is 22.7. The molecule has 3 nitrogen and oxygen atoms in total. The van der Waals surface area contributed by atoms with E-state index in [9.17, 15) is 10.2 Å². The summed E-state index contributed by atoms with van der Waals surface area (Å²) < 4.78 is 5.84. The number of fused-ring (bicyclic) bond motifs is 5. The number of aliphatic hydroxyl groups excluding tert-OH is 1. The lowest BCUT2D eigenvalue weighted by Gasteiger charge is -2.59. The molecule has 7 atom stereocenters. The van der Waals surface area contributed by atoms with Crippen molar-refractivity contribution in [1.82, 2.24) is 0 Å². The maximum Gasteiger partial charge on any atom is 0.0642 e. The fourth-order valence-electron chi connectivity index (χ4n) is 8.83. The first-order chi connectivity index (χ1) is 15.8. The van der Waals surface area contributed by atoms with E-state index < -0.39 is 5.60 Å². The molecule has 0 amide bonds. The first kappa shape index (κ1) is 27.2. The molecule has 0 aromatic heterocycles. The molecule has 0 aromatic rings. The minimum Gasteiger partial charge on any atom is -0.393 e. The molecule has 3 heteroatoms. The maximum atomic E-state index is 10.7. The summed E-state index contributed by atoms with van der Waals surface area (Å²) in [5.74, 6) is 3.20. The lowest BCUT2D eigenvalue weighted by atomic mass is 9.47. The van der Waals surface area contributed by atoms with Gasteiger partial charge in [-0.05, 0) is 106 Å². The van der Waals surface area contributed by atoms with Crippen molar-refractivity contribution in [1.29, 1.82) is 0 Å². The third kappa shape index (κ3) is 4.98. The quantitative estimate of drug-likeness (QED) is 0.372. The van der Waals surface area contributed by atoms with E-state index in [4.69, 9.17) is 4.74 Å². The maximum absolute atomic E-state index is 10.7. The molecule has 0 bridgehead atoms. The minimum absolute atomic E-state index is 0.151. The van der Waals surface area contributed by atoms with Crippen molar-refractivity contribution in [3.63, 3.8) is 0 Å². The summed E-state index contributed by atoms with van der Waals surface area (Å²) in [6, 6.07) is 0. The Bertz CT molecular complexity index is 653. The highest BCUT2D eigenvalue weighted by Crippen LogP contribution is 2.67. The second kappa shape index (κ2) is 11.1. The van der Waals surface area contributed by atoms with Crippen molar-refractivity contribution in [2.75, 3.05) is 13.7 Å². The minimum atomic E-state index is -0.445. The molecule has 0 aliphatic heterocycles. The summed E-state index contributed by atoms with van der Waals surface area (Å²) >= 11 is 0. The standard InChI is InChI=1S/C28H48O3.C2H6/c1-5-27(30,6-2)15-7-8-20-10-12-24-23-11-9-21-18-22(29)13-17-28(21,19-31-4)25(23)14-16-26(20,24)3;1-2/h9,20,22-25,29-30H,5-8,10-19H2,1-4H3;1-2H3. The van der Waals surface area contributed by atoms with Crippen molar-refractivity contribution in [2.45, 2.75) is 130 Å². The second-order valence-corrected chi connectivity index (χ2v) is 12.0. The van der Waals surface area contributed by atoms with Crippen molar-refractivity contribution in [3.8, 4) is 0 Å². The Kier molecular flexibility index (Phi) is 9.17. The van der Waals surface area contributed by atoms with Crippen molar-refractivity contribution in [3.05, 3.63) is 11.6 Å². The van der Waals surface area contributed by atoms with Gasteiger partial charge in [0.2, 0.25) is 0 Å². The number of aliphatic hydroxyl groups is 2. The Labute approximate surface area is 204 Å². The van der Waals surface area contributed by atoms with E-state index in [0.29, 0.717) is 5.41 Å². The number of methoxy groups -OCH3 is 1. The predicted molar refractivity (Wildman–Crippen MR) is 138 cm³/mol. The highest BCUT2D eigenvalue weighted by atomic mass is 16.5. The smallest absolute Gasteiger partial charge is 0.0642 e. The van der Waals surface area contributed by atoms with Crippen LogP contribution in [0.5, 0.6) is 0 Å². The lowest BCUT2D eigenvalue weighted by Crippen LogP contribution is -2.53. The number of allylic oxidation sites excluding steroid dienone is 1. The van der Waals surface area contributed by atoms with Crippen LogP contribution in [0.4, 0.5) is 0 Å². The Morgan fingerprint density at radius 1 is 1.06 bits per heavy atom. The zero-order valence-corrected chi connectivity index (χ0v) is 22.7. The number of hydrogen-bond donors (Lipinski definition) is 2. The average Bonchev–Trinajstić information content (AvgIpc) is 3.17. The number of rotatable bonds is 8. The predicted octanol–water partition coefficient (Wildman–Crippen LogP) is 7.30. The average molecular weight is 463 g/mol. The molecule has 0 heterocycles. The summed E-state index contributed by atoms with van der Waals surface area (Å²) in [5, 5.41) is 21.1. The summed E-state index contributed by atoms with van der Waals surface area (Å²) in [6.45, 7) is 11.7. The third-order valence-electron chi connectivity index (χ3n) is 10.9. The Morgan fingerprint density at radius 3 is 2.45 bits per heavy atom. The molecule has 192 valence electrons. The van der Waals surface area contributed by atoms with Gasteiger partial charge in [0.25, 0.3) is 0 Å². The first-order valence-electron chi connectivity index (χ1n) is 14.4. The van der Waals surface area contributed by atoms with Crippen molar-refractivity contribution < 1.29 is 14.9 Å². The van der Waals surface area contributed by atoms with E-state index >= 15 is 0 Å². The molecule has 0 radical (unpaired) electrons. The number of ether oxygens (including phenoxy) is 1. The van der Waals surface area contributed by atoms with Gasteiger partial charge >= 0.3 is 0 Å². The lowest BCUT2D eigenvalue weighted by molar-refractivity contribution is -0.0817. The largest absolute Gasteiger partial charge is 0.393 e.